The van der Waals surface area contributed by atoms with E-state index in [0.717, 1.165) is 35.2 Å². The first-order valence-electron chi connectivity index (χ1n) is 7.76. The van der Waals surface area contributed by atoms with Crippen molar-refractivity contribution in [2.75, 3.05) is 0 Å². The SMILES string of the molecule is CC1=CC=C(C)C(N(N)/C=C(\N)c2cnn(C)c2C)=CC1.CC=O. The van der Waals surface area contributed by atoms with E-state index >= 15 is 0 Å². The highest BCUT2D eigenvalue weighted by atomic mass is 16.1. The number of carbonyl (C=O) groups excluding carboxylic acids is 1. The number of hydrazine groups is 1. The summed E-state index contributed by atoms with van der Waals surface area (Å²) in [5, 5.41) is 5.78. The molecule has 0 aromatic carbocycles. The summed E-state index contributed by atoms with van der Waals surface area (Å²) in [5.74, 6) is 6.17. The molecule has 0 unspecified atom stereocenters. The lowest BCUT2D eigenvalue weighted by atomic mass is 10.1. The topological polar surface area (TPSA) is 90.2 Å². The number of nitrogens with two attached hydrogens (primary N) is 2. The number of hydrogen-bond donors (Lipinski definition) is 2. The molecule has 130 valence electrons. The predicted octanol–water partition coefficient (Wildman–Crippen LogP) is 2.55. The Hall–Kier alpha value is -2.60. The Bertz CT molecular complexity index is 707. The van der Waals surface area contributed by atoms with E-state index in [4.69, 9.17) is 16.4 Å². The first kappa shape index (κ1) is 19.4. The Kier molecular flexibility index (Phi) is 7.20. The first-order valence-corrected chi connectivity index (χ1v) is 7.76. The molecule has 1 aliphatic rings. The van der Waals surface area contributed by atoms with Gasteiger partial charge < -0.3 is 10.5 Å². The lowest BCUT2D eigenvalue weighted by molar-refractivity contribution is -0.106. The van der Waals surface area contributed by atoms with E-state index in [0.29, 0.717) is 5.70 Å². The normalized spacial score (nSPS) is 14.6. The number of carbonyl (C=O) groups is 1. The van der Waals surface area contributed by atoms with Gasteiger partial charge in [0.2, 0.25) is 0 Å². The van der Waals surface area contributed by atoms with Crippen molar-refractivity contribution in [2.24, 2.45) is 18.6 Å². The third-order valence-corrected chi connectivity index (χ3v) is 3.74. The standard InChI is InChI=1S/C16H23N5.C2H4O/c1-11-5-7-12(2)16(8-6-11)21(18)10-15(17)14-9-19-20(4)13(14)3;1-2-3/h5,7-10H,6,17-18H2,1-4H3;2H,1H3/b15-10-;. The molecule has 1 aromatic heterocycles. The van der Waals surface area contributed by atoms with Gasteiger partial charge in [0, 0.05) is 24.5 Å². The molecule has 1 heterocycles. The average Bonchev–Trinajstić information content (AvgIpc) is 2.75. The summed E-state index contributed by atoms with van der Waals surface area (Å²) >= 11 is 0. The molecule has 0 aliphatic heterocycles. The summed E-state index contributed by atoms with van der Waals surface area (Å²) in [4.78, 5) is 8.81. The van der Waals surface area contributed by atoms with Crippen molar-refractivity contribution >= 4 is 12.0 Å². The third kappa shape index (κ3) is 4.96. The fourth-order valence-corrected chi connectivity index (χ4v) is 2.22. The molecule has 0 radical (unpaired) electrons. The molecule has 0 bridgehead atoms. The molecule has 0 atom stereocenters. The van der Waals surface area contributed by atoms with Gasteiger partial charge in [-0.3, -0.25) is 9.69 Å². The van der Waals surface area contributed by atoms with Crippen LogP contribution < -0.4 is 11.6 Å². The number of allylic oxidation sites excluding steroid dienone is 5. The molecule has 1 aromatic rings. The summed E-state index contributed by atoms with van der Waals surface area (Å²) in [5.41, 5.74) is 12.1. The van der Waals surface area contributed by atoms with Crippen molar-refractivity contribution in [1.82, 2.24) is 14.8 Å². The van der Waals surface area contributed by atoms with E-state index in [1.165, 1.54) is 12.5 Å². The van der Waals surface area contributed by atoms with Crippen LogP contribution in [0.25, 0.3) is 5.70 Å². The van der Waals surface area contributed by atoms with Crippen LogP contribution in [0.15, 0.2) is 47.5 Å². The summed E-state index contributed by atoms with van der Waals surface area (Å²) in [7, 11) is 1.89. The monoisotopic (exact) mass is 329 g/mol. The number of rotatable bonds is 3. The molecule has 0 amide bonds. The number of aromatic nitrogens is 2. The van der Waals surface area contributed by atoms with Gasteiger partial charge in [-0.15, -0.1) is 0 Å². The van der Waals surface area contributed by atoms with E-state index in [1.807, 2.05) is 20.9 Å². The van der Waals surface area contributed by atoms with Gasteiger partial charge >= 0.3 is 0 Å². The van der Waals surface area contributed by atoms with Gasteiger partial charge in [-0.25, -0.2) is 5.84 Å². The van der Waals surface area contributed by atoms with Crippen LogP contribution in [0.4, 0.5) is 0 Å². The van der Waals surface area contributed by atoms with Gasteiger partial charge in [-0.2, -0.15) is 5.10 Å². The van der Waals surface area contributed by atoms with Gasteiger partial charge in [0.25, 0.3) is 0 Å². The first-order chi connectivity index (χ1) is 11.3. The van der Waals surface area contributed by atoms with Crippen molar-refractivity contribution in [2.45, 2.75) is 34.1 Å². The Morgan fingerprint density at radius 3 is 2.50 bits per heavy atom. The molecule has 4 N–H and O–H groups in total. The molecule has 0 saturated carbocycles. The van der Waals surface area contributed by atoms with Crippen molar-refractivity contribution in [3.63, 3.8) is 0 Å². The van der Waals surface area contributed by atoms with Crippen molar-refractivity contribution < 1.29 is 4.79 Å². The Morgan fingerprint density at radius 1 is 1.33 bits per heavy atom. The van der Waals surface area contributed by atoms with Crippen LogP contribution in [-0.4, -0.2) is 21.1 Å². The van der Waals surface area contributed by atoms with Crippen LogP contribution in [0.2, 0.25) is 0 Å². The smallest absolute Gasteiger partial charge is 0.116 e. The molecular weight excluding hydrogens is 302 g/mol. The van der Waals surface area contributed by atoms with Crippen LogP contribution in [-0.2, 0) is 11.8 Å². The van der Waals surface area contributed by atoms with Gasteiger partial charge in [-0.05, 0) is 39.7 Å². The average molecular weight is 329 g/mol. The highest BCUT2D eigenvalue weighted by Crippen LogP contribution is 2.21. The fourth-order valence-electron chi connectivity index (χ4n) is 2.22. The summed E-state index contributed by atoms with van der Waals surface area (Å²) in [6.07, 6.45) is 11.4. The Labute approximate surface area is 143 Å². The molecule has 2 rings (SSSR count). The zero-order chi connectivity index (χ0) is 18.3. The van der Waals surface area contributed by atoms with Crippen LogP contribution in [0.1, 0.15) is 38.4 Å². The highest BCUT2D eigenvalue weighted by molar-refractivity contribution is 5.64. The summed E-state index contributed by atoms with van der Waals surface area (Å²) < 4.78 is 1.79. The van der Waals surface area contributed by atoms with Gasteiger partial charge in [0.15, 0.2) is 0 Å². The number of aldehydes is 1. The van der Waals surface area contributed by atoms with Crippen molar-refractivity contribution in [3.05, 3.63) is 58.7 Å². The quantitative estimate of drug-likeness (QED) is 0.505. The van der Waals surface area contributed by atoms with Crippen LogP contribution >= 0.6 is 0 Å². The molecule has 1 aliphatic carbocycles. The summed E-state index contributed by atoms with van der Waals surface area (Å²) in [6.45, 7) is 7.57. The van der Waals surface area contributed by atoms with Crippen molar-refractivity contribution in [1.29, 1.82) is 0 Å². The number of nitrogens with zero attached hydrogens (tertiary/aromatic N) is 3. The molecular formula is C18H27N5O. The second-order valence-corrected chi connectivity index (χ2v) is 5.65. The zero-order valence-corrected chi connectivity index (χ0v) is 15.1. The summed E-state index contributed by atoms with van der Waals surface area (Å²) in [6, 6.07) is 0. The Morgan fingerprint density at radius 2 is 1.96 bits per heavy atom. The van der Waals surface area contributed by atoms with Crippen LogP contribution in [0.3, 0.4) is 0 Å². The molecule has 6 nitrogen and oxygen atoms in total. The fraction of sp³-hybridized carbons (Fsp3) is 0.333. The maximum atomic E-state index is 8.81. The maximum absolute atomic E-state index is 8.81. The Balaban J connectivity index is 0.000000891. The van der Waals surface area contributed by atoms with Crippen LogP contribution in [0, 0.1) is 6.92 Å². The van der Waals surface area contributed by atoms with E-state index in [2.05, 4.69) is 30.3 Å². The van der Waals surface area contributed by atoms with Gasteiger partial charge in [-0.1, -0.05) is 23.8 Å². The highest BCUT2D eigenvalue weighted by Gasteiger charge is 2.11. The zero-order valence-electron chi connectivity index (χ0n) is 15.1. The third-order valence-electron chi connectivity index (χ3n) is 3.74. The molecule has 24 heavy (non-hydrogen) atoms. The van der Waals surface area contributed by atoms with Crippen molar-refractivity contribution in [3.8, 4) is 0 Å². The predicted molar refractivity (Wildman–Crippen MR) is 98.1 cm³/mol. The number of aryl methyl sites for hydroxylation is 1. The molecule has 0 spiro atoms. The minimum Gasteiger partial charge on any atom is -0.397 e. The minimum absolute atomic E-state index is 0.603. The lowest BCUT2D eigenvalue weighted by Crippen LogP contribution is -2.26. The maximum Gasteiger partial charge on any atom is 0.116 e. The van der Waals surface area contributed by atoms with Crippen LogP contribution in [0.5, 0.6) is 0 Å². The second-order valence-electron chi connectivity index (χ2n) is 5.65. The van der Waals surface area contributed by atoms with E-state index in [-0.39, 0.29) is 0 Å². The molecule has 6 heteroatoms. The van der Waals surface area contributed by atoms with E-state index in [9.17, 15) is 0 Å². The minimum atomic E-state index is 0.603. The largest absolute Gasteiger partial charge is 0.397 e. The van der Waals surface area contributed by atoms with E-state index in [1.54, 1.807) is 22.1 Å². The van der Waals surface area contributed by atoms with Gasteiger partial charge in [0.05, 0.1) is 17.6 Å². The lowest BCUT2D eigenvalue weighted by Gasteiger charge is -2.19. The van der Waals surface area contributed by atoms with E-state index < -0.39 is 0 Å². The molecule has 0 fully saturated rings. The second kappa shape index (κ2) is 8.88. The molecule has 0 saturated heterocycles. The number of hydrogen-bond acceptors (Lipinski definition) is 5. The van der Waals surface area contributed by atoms with Gasteiger partial charge in [0.1, 0.15) is 6.29 Å².